The van der Waals surface area contributed by atoms with E-state index in [1.165, 1.54) is 29.3 Å². The molecular weight excluding hydrogens is 224 g/mol. The van der Waals surface area contributed by atoms with Crippen molar-refractivity contribution in [3.8, 4) is 11.1 Å². The minimum Gasteiger partial charge on any atom is -0.376 e. The van der Waals surface area contributed by atoms with Gasteiger partial charge in [-0.2, -0.15) is 0 Å². The molecule has 3 heteroatoms. The van der Waals surface area contributed by atoms with Gasteiger partial charge in [-0.1, -0.05) is 24.3 Å². The highest BCUT2D eigenvalue weighted by Crippen LogP contribution is 2.28. The van der Waals surface area contributed by atoms with E-state index in [2.05, 4.69) is 35.0 Å². The van der Waals surface area contributed by atoms with E-state index in [1.54, 1.807) is 6.20 Å². The molecule has 0 bridgehead atoms. The molecule has 0 unspecified atom stereocenters. The van der Waals surface area contributed by atoms with Crippen molar-refractivity contribution in [2.75, 3.05) is 13.7 Å². The Morgan fingerprint density at radius 3 is 2.83 bits per heavy atom. The van der Waals surface area contributed by atoms with Gasteiger partial charge >= 0.3 is 0 Å². The molecule has 3 rings (SSSR count). The van der Waals surface area contributed by atoms with E-state index in [9.17, 15) is 0 Å². The summed E-state index contributed by atoms with van der Waals surface area (Å²) < 4.78 is 5.54. The maximum Gasteiger partial charge on any atom is 0.0725 e. The van der Waals surface area contributed by atoms with E-state index in [4.69, 9.17) is 4.74 Å². The highest BCUT2D eigenvalue weighted by atomic mass is 16.5. The van der Waals surface area contributed by atoms with Gasteiger partial charge in [-0.15, -0.1) is 0 Å². The third-order valence-corrected chi connectivity index (χ3v) is 3.01. The monoisotopic (exact) mass is 242 g/mol. The number of benzene rings is 1. The second-order valence-electron chi connectivity index (χ2n) is 3.99. The SMILES string of the molecule is CN.c1cncc(-c2cccc3c2COCC3)c1. The molecule has 0 fully saturated rings. The van der Waals surface area contributed by atoms with Crippen LogP contribution in [0.25, 0.3) is 11.1 Å². The van der Waals surface area contributed by atoms with Crippen molar-refractivity contribution in [1.82, 2.24) is 4.98 Å². The molecule has 0 atom stereocenters. The molecule has 18 heavy (non-hydrogen) atoms. The lowest BCUT2D eigenvalue weighted by atomic mass is 9.94. The van der Waals surface area contributed by atoms with Crippen molar-refractivity contribution in [3.63, 3.8) is 0 Å². The Hall–Kier alpha value is -1.71. The number of ether oxygens (including phenoxy) is 1. The largest absolute Gasteiger partial charge is 0.376 e. The molecule has 94 valence electrons. The minimum absolute atomic E-state index is 0.723. The molecule has 2 heterocycles. The molecule has 0 spiro atoms. The van der Waals surface area contributed by atoms with Crippen LogP contribution in [0, 0.1) is 0 Å². The lowest BCUT2D eigenvalue weighted by Crippen LogP contribution is -2.10. The Kier molecular flexibility index (Phi) is 4.45. The molecular formula is C15H18N2O. The number of aromatic nitrogens is 1. The second-order valence-corrected chi connectivity index (χ2v) is 3.99. The Morgan fingerprint density at radius 1 is 1.17 bits per heavy atom. The van der Waals surface area contributed by atoms with E-state index in [0.717, 1.165) is 19.6 Å². The van der Waals surface area contributed by atoms with Crippen molar-refractivity contribution in [2.24, 2.45) is 5.73 Å². The van der Waals surface area contributed by atoms with Crippen molar-refractivity contribution in [1.29, 1.82) is 0 Å². The molecule has 0 saturated carbocycles. The summed E-state index contributed by atoms with van der Waals surface area (Å²) in [5.74, 6) is 0. The van der Waals surface area contributed by atoms with Gasteiger partial charge in [-0.3, -0.25) is 4.98 Å². The van der Waals surface area contributed by atoms with Crippen LogP contribution in [0.1, 0.15) is 11.1 Å². The van der Waals surface area contributed by atoms with Gasteiger partial charge in [-0.25, -0.2) is 0 Å². The van der Waals surface area contributed by atoms with Crippen LogP contribution in [-0.4, -0.2) is 18.6 Å². The summed E-state index contributed by atoms with van der Waals surface area (Å²) in [6.07, 6.45) is 4.73. The molecule has 1 aliphatic rings. The van der Waals surface area contributed by atoms with Crippen LogP contribution in [0.3, 0.4) is 0 Å². The Morgan fingerprint density at radius 2 is 2.06 bits per heavy atom. The van der Waals surface area contributed by atoms with Gasteiger partial charge in [0.15, 0.2) is 0 Å². The van der Waals surface area contributed by atoms with E-state index >= 15 is 0 Å². The molecule has 1 aromatic carbocycles. The molecule has 0 aliphatic carbocycles. The number of rotatable bonds is 1. The van der Waals surface area contributed by atoms with Crippen LogP contribution in [-0.2, 0) is 17.8 Å². The first-order valence-electron chi connectivity index (χ1n) is 6.12. The molecule has 0 radical (unpaired) electrons. The summed E-state index contributed by atoms with van der Waals surface area (Å²) in [5.41, 5.74) is 9.66. The zero-order chi connectivity index (χ0) is 12.8. The third-order valence-electron chi connectivity index (χ3n) is 3.01. The molecule has 1 aliphatic heterocycles. The van der Waals surface area contributed by atoms with Crippen LogP contribution >= 0.6 is 0 Å². The fourth-order valence-electron chi connectivity index (χ4n) is 2.19. The van der Waals surface area contributed by atoms with Gasteiger partial charge in [0.1, 0.15) is 0 Å². The van der Waals surface area contributed by atoms with Crippen LogP contribution < -0.4 is 5.73 Å². The molecule has 2 N–H and O–H groups in total. The maximum absolute atomic E-state index is 5.54. The average molecular weight is 242 g/mol. The zero-order valence-corrected chi connectivity index (χ0v) is 10.6. The highest BCUT2D eigenvalue weighted by Gasteiger charge is 2.13. The standard InChI is InChI=1S/C14H13NO.CH5N/c1-3-11-6-8-16-10-14(11)13(5-1)12-4-2-7-15-9-12;1-2/h1-5,7,9H,6,8,10H2;2H2,1H3. The number of nitrogens with two attached hydrogens (primary N) is 1. The van der Waals surface area contributed by atoms with Crippen molar-refractivity contribution in [2.45, 2.75) is 13.0 Å². The smallest absolute Gasteiger partial charge is 0.0725 e. The lowest BCUT2D eigenvalue weighted by molar-refractivity contribution is 0.111. The van der Waals surface area contributed by atoms with Crippen molar-refractivity contribution >= 4 is 0 Å². The summed E-state index contributed by atoms with van der Waals surface area (Å²) in [4.78, 5) is 4.17. The normalized spacial score (nSPS) is 13.2. The van der Waals surface area contributed by atoms with Crippen LogP contribution in [0.4, 0.5) is 0 Å². The highest BCUT2D eigenvalue weighted by molar-refractivity contribution is 5.68. The maximum atomic E-state index is 5.54. The Balaban J connectivity index is 0.000000574. The quantitative estimate of drug-likeness (QED) is 0.835. The number of hydrogen-bond acceptors (Lipinski definition) is 3. The summed E-state index contributed by atoms with van der Waals surface area (Å²) in [7, 11) is 1.50. The van der Waals surface area contributed by atoms with E-state index in [1.807, 2.05) is 12.3 Å². The number of hydrogen-bond donors (Lipinski definition) is 1. The van der Waals surface area contributed by atoms with E-state index in [-0.39, 0.29) is 0 Å². The summed E-state index contributed by atoms with van der Waals surface area (Å²) in [5, 5.41) is 0. The third kappa shape index (κ3) is 2.58. The Bertz CT molecular complexity index is 497. The number of fused-ring (bicyclic) bond motifs is 1. The van der Waals surface area contributed by atoms with Crippen molar-refractivity contribution < 1.29 is 4.74 Å². The predicted octanol–water partition coefficient (Wildman–Crippen LogP) is 2.40. The van der Waals surface area contributed by atoms with Crippen LogP contribution in [0.5, 0.6) is 0 Å². The Labute approximate surface area is 108 Å². The number of nitrogens with zero attached hydrogens (tertiary/aromatic N) is 1. The number of pyridine rings is 1. The van der Waals surface area contributed by atoms with Gasteiger partial charge in [0.25, 0.3) is 0 Å². The molecule has 0 amide bonds. The van der Waals surface area contributed by atoms with Gasteiger partial charge in [0.2, 0.25) is 0 Å². The molecule has 2 aromatic rings. The topological polar surface area (TPSA) is 48.1 Å². The second kappa shape index (κ2) is 6.28. The van der Waals surface area contributed by atoms with Gasteiger partial charge < -0.3 is 10.5 Å². The van der Waals surface area contributed by atoms with Gasteiger partial charge in [0.05, 0.1) is 13.2 Å². The first kappa shape index (κ1) is 12.7. The lowest BCUT2D eigenvalue weighted by Gasteiger charge is -2.19. The first-order chi connectivity index (χ1) is 8.95. The average Bonchev–Trinajstić information content (AvgIpc) is 2.50. The predicted molar refractivity (Wildman–Crippen MR) is 73.1 cm³/mol. The zero-order valence-electron chi connectivity index (χ0n) is 10.6. The van der Waals surface area contributed by atoms with Gasteiger partial charge in [0, 0.05) is 18.0 Å². The van der Waals surface area contributed by atoms with E-state index < -0.39 is 0 Å². The molecule has 1 aromatic heterocycles. The van der Waals surface area contributed by atoms with Crippen LogP contribution in [0.15, 0.2) is 42.7 Å². The first-order valence-corrected chi connectivity index (χ1v) is 6.12. The summed E-state index contributed by atoms with van der Waals surface area (Å²) >= 11 is 0. The summed E-state index contributed by atoms with van der Waals surface area (Å²) in [6, 6.07) is 10.5. The van der Waals surface area contributed by atoms with Gasteiger partial charge in [-0.05, 0) is 36.2 Å². The van der Waals surface area contributed by atoms with Crippen LogP contribution in [0.2, 0.25) is 0 Å². The fourth-order valence-corrected chi connectivity index (χ4v) is 2.19. The summed E-state index contributed by atoms with van der Waals surface area (Å²) in [6.45, 7) is 1.56. The molecule has 0 saturated heterocycles. The molecule has 3 nitrogen and oxygen atoms in total. The van der Waals surface area contributed by atoms with Crippen molar-refractivity contribution in [3.05, 3.63) is 53.9 Å². The minimum atomic E-state index is 0.723. The van der Waals surface area contributed by atoms with E-state index in [0.29, 0.717) is 0 Å². The fraction of sp³-hybridized carbons (Fsp3) is 0.267.